The molecule has 0 atom stereocenters. The highest BCUT2D eigenvalue weighted by Gasteiger charge is 2.31. The molecule has 1 saturated carbocycles. The van der Waals surface area contributed by atoms with Gasteiger partial charge in [-0.05, 0) is 82.7 Å². The first-order chi connectivity index (χ1) is 14.2. The lowest BCUT2D eigenvalue weighted by Crippen LogP contribution is -2.41. The van der Waals surface area contributed by atoms with Crippen LogP contribution in [-0.2, 0) is 0 Å². The zero-order valence-electron chi connectivity index (χ0n) is 17.7. The summed E-state index contributed by atoms with van der Waals surface area (Å²) >= 11 is 0. The average Bonchev–Trinajstić information content (AvgIpc) is 3.04. The number of aliphatic hydroxyl groups is 1. The zero-order valence-corrected chi connectivity index (χ0v) is 17.7. The Balaban J connectivity index is 1.49. The summed E-state index contributed by atoms with van der Waals surface area (Å²) in [7, 11) is 0. The lowest BCUT2D eigenvalue weighted by Gasteiger charge is -2.36. The molecule has 1 aromatic carbocycles. The van der Waals surface area contributed by atoms with E-state index in [1.165, 1.54) is 6.07 Å². The number of nitrogens with zero attached hydrogens (tertiary/aromatic N) is 2. The van der Waals surface area contributed by atoms with Gasteiger partial charge in [-0.2, -0.15) is 0 Å². The minimum absolute atomic E-state index is 0.0535. The summed E-state index contributed by atoms with van der Waals surface area (Å²) in [6.45, 7) is 5.57. The van der Waals surface area contributed by atoms with Crippen molar-refractivity contribution in [1.82, 2.24) is 14.7 Å². The van der Waals surface area contributed by atoms with Crippen LogP contribution >= 0.6 is 0 Å². The van der Waals surface area contributed by atoms with Crippen molar-refractivity contribution in [2.45, 2.75) is 58.1 Å². The van der Waals surface area contributed by atoms with Gasteiger partial charge >= 0.3 is 0 Å². The van der Waals surface area contributed by atoms with E-state index in [1.54, 1.807) is 12.1 Å². The van der Waals surface area contributed by atoms with Gasteiger partial charge in [0.15, 0.2) is 0 Å². The van der Waals surface area contributed by atoms with Crippen LogP contribution in [0, 0.1) is 18.7 Å². The predicted molar refractivity (Wildman–Crippen MR) is 115 cm³/mol. The van der Waals surface area contributed by atoms with Crippen LogP contribution in [0.1, 0.15) is 55.6 Å². The highest BCUT2D eigenvalue weighted by molar-refractivity contribution is 5.94. The van der Waals surface area contributed by atoms with Gasteiger partial charge in [-0.1, -0.05) is 6.07 Å². The molecule has 1 aliphatic rings. The summed E-state index contributed by atoms with van der Waals surface area (Å²) in [4.78, 5) is 17.2. The fraction of sp³-hybridized carbons (Fsp3) is 0.417. The van der Waals surface area contributed by atoms with Crippen molar-refractivity contribution in [3.05, 3.63) is 59.7 Å². The van der Waals surface area contributed by atoms with Gasteiger partial charge in [0.1, 0.15) is 11.6 Å². The number of pyridine rings is 1. The van der Waals surface area contributed by atoms with Crippen molar-refractivity contribution >= 4 is 11.4 Å². The number of carbonyl (C=O) groups excluding carboxylic acids is 1. The smallest absolute Gasteiger partial charge is 0.251 e. The number of carbonyl (C=O) groups is 1. The van der Waals surface area contributed by atoms with E-state index in [9.17, 15) is 14.3 Å². The van der Waals surface area contributed by atoms with E-state index in [4.69, 9.17) is 0 Å². The summed E-state index contributed by atoms with van der Waals surface area (Å²) < 4.78 is 16.8. The SMILES string of the molecule is Cc1nc(-c2ccc(C(=O)NC3CCC(C(C)(C)O)CC3)cc2F)n2ccccc12. The third-order valence-electron chi connectivity index (χ3n) is 6.27. The number of aryl methyl sites for hydroxylation is 1. The standard InChI is InChI=1S/C24H28FN3O2/c1-15-21-6-4-5-13-28(21)22(26-15)19-12-7-16(14-20(19)25)23(29)27-18-10-8-17(9-11-18)24(2,3)30/h4-7,12-14,17-18,30H,8-11H2,1-3H3,(H,27,29). The van der Waals surface area contributed by atoms with Gasteiger partial charge < -0.3 is 10.4 Å². The topological polar surface area (TPSA) is 66.6 Å². The molecule has 2 aromatic heterocycles. The zero-order chi connectivity index (χ0) is 21.5. The molecule has 0 saturated heterocycles. The molecule has 0 unspecified atom stereocenters. The van der Waals surface area contributed by atoms with Crippen LogP contribution in [0.4, 0.5) is 4.39 Å². The van der Waals surface area contributed by atoms with Gasteiger partial charge in [-0.15, -0.1) is 0 Å². The van der Waals surface area contributed by atoms with Crippen LogP contribution in [0.3, 0.4) is 0 Å². The second kappa shape index (κ2) is 7.84. The first-order valence-corrected chi connectivity index (χ1v) is 10.5. The van der Waals surface area contributed by atoms with Gasteiger partial charge in [-0.25, -0.2) is 9.37 Å². The molecule has 2 N–H and O–H groups in total. The maximum Gasteiger partial charge on any atom is 0.251 e. The minimum Gasteiger partial charge on any atom is -0.390 e. The number of aromatic nitrogens is 2. The summed E-state index contributed by atoms with van der Waals surface area (Å²) in [5.74, 6) is 0.0353. The van der Waals surface area contributed by atoms with Gasteiger partial charge in [0.25, 0.3) is 5.91 Å². The van der Waals surface area contributed by atoms with Crippen molar-refractivity contribution in [2.24, 2.45) is 5.92 Å². The highest BCUT2D eigenvalue weighted by atomic mass is 19.1. The van der Waals surface area contributed by atoms with E-state index in [2.05, 4.69) is 10.3 Å². The molecule has 2 heterocycles. The molecule has 1 fully saturated rings. The average molecular weight is 410 g/mol. The van der Waals surface area contributed by atoms with E-state index in [1.807, 2.05) is 49.6 Å². The van der Waals surface area contributed by atoms with Crippen molar-refractivity contribution < 1.29 is 14.3 Å². The molecule has 3 aromatic rings. The molecule has 5 nitrogen and oxygen atoms in total. The maximum atomic E-state index is 14.9. The molecule has 30 heavy (non-hydrogen) atoms. The molecular formula is C24H28FN3O2. The van der Waals surface area contributed by atoms with Crippen LogP contribution < -0.4 is 5.32 Å². The number of benzene rings is 1. The Bertz CT molecular complexity index is 1080. The fourth-order valence-electron chi connectivity index (χ4n) is 4.43. The molecular weight excluding hydrogens is 381 g/mol. The molecule has 1 aliphatic carbocycles. The summed E-state index contributed by atoms with van der Waals surface area (Å²) in [6.07, 6.45) is 5.23. The molecule has 158 valence electrons. The normalized spacial score (nSPS) is 19.8. The summed E-state index contributed by atoms with van der Waals surface area (Å²) in [5.41, 5.74) is 1.73. The number of rotatable bonds is 4. The number of halogens is 1. The van der Waals surface area contributed by atoms with Crippen molar-refractivity contribution in [1.29, 1.82) is 0 Å². The van der Waals surface area contributed by atoms with Crippen molar-refractivity contribution in [3.63, 3.8) is 0 Å². The Morgan fingerprint density at radius 2 is 1.93 bits per heavy atom. The van der Waals surface area contributed by atoms with E-state index in [0.717, 1.165) is 36.9 Å². The highest BCUT2D eigenvalue weighted by Crippen LogP contribution is 2.32. The van der Waals surface area contributed by atoms with E-state index in [0.29, 0.717) is 17.0 Å². The lowest BCUT2D eigenvalue weighted by molar-refractivity contribution is -0.00257. The summed E-state index contributed by atoms with van der Waals surface area (Å²) in [5, 5.41) is 13.2. The molecule has 0 radical (unpaired) electrons. The Morgan fingerprint density at radius 1 is 1.20 bits per heavy atom. The monoisotopic (exact) mass is 409 g/mol. The van der Waals surface area contributed by atoms with Crippen molar-refractivity contribution in [3.8, 4) is 11.4 Å². The van der Waals surface area contributed by atoms with Gasteiger partial charge in [0.2, 0.25) is 0 Å². The minimum atomic E-state index is -0.691. The number of imidazole rings is 1. The van der Waals surface area contributed by atoms with Crippen LogP contribution in [-0.4, -0.2) is 32.0 Å². The molecule has 0 bridgehead atoms. The lowest BCUT2D eigenvalue weighted by atomic mass is 9.77. The molecule has 6 heteroatoms. The van der Waals surface area contributed by atoms with E-state index in [-0.39, 0.29) is 17.9 Å². The first-order valence-electron chi connectivity index (χ1n) is 10.5. The molecule has 0 spiro atoms. The summed E-state index contributed by atoms with van der Waals surface area (Å²) in [6, 6.07) is 10.4. The Labute approximate surface area is 176 Å². The molecule has 0 aliphatic heterocycles. The predicted octanol–water partition coefficient (Wildman–Crippen LogP) is 4.51. The Kier molecular flexibility index (Phi) is 5.36. The van der Waals surface area contributed by atoms with E-state index >= 15 is 0 Å². The first kappa shape index (κ1) is 20.5. The van der Waals surface area contributed by atoms with Crippen LogP contribution in [0.25, 0.3) is 16.9 Å². The quantitative estimate of drug-likeness (QED) is 0.666. The Morgan fingerprint density at radius 3 is 2.60 bits per heavy atom. The van der Waals surface area contributed by atoms with Crippen LogP contribution in [0.15, 0.2) is 42.6 Å². The second-order valence-corrected chi connectivity index (χ2v) is 8.85. The van der Waals surface area contributed by atoms with Gasteiger partial charge in [-0.3, -0.25) is 9.20 Å². The number of amides is 1. The van der Waals surface area contributed by atoms with E-state index < -0.39 is 11.4 Å². The third kappa shape index (κ3) is 3.97. The molecule has 1 amide bonds. The van der Waals surface area contributed by atoms with Crippen LogP contribution in [0.5, 0.6) is 0 Å². The largest absolute Gasteiger partial charge is 0.390 e. The number of nitrogens with one attached hydrogen (secondary N) is 1. The Hall–Kier alpha value is -2.73. The number of hydrogen-bond donors (Lipinski definition) is 2. The van der Waals surface area contributed by atoms with Gasteiger partial charge in [0.05, 0.1) is 22.4 Å². The number of fused-ring (bicyclic) bond motifs is 1. The van der Waals surface area contributed by atoms with Crippen molar-refractivity contribution in [2.75, 3.05) is 0 Å². The second-order valence-electron chi connectivity index (χ2n) is 8.85. The maximum absolute atomic E-state index is 14.9. The number of hydrogen-bond acceptors (Lipinski definition) is 3. The molecule has 4 rings (SSSR count). The third-order valence-corrected chi connectivity index (χ3v) is 6.27. The van der Waals surface area contributed by atoms with Gasteiger partial charge in [0, 0.05) is 17.8 Å². The van der Waals surface area contributed by atoms with Crippen LogP contribution in [0.2, 0.25) is 0 Å². The fourth-order valence-corrected chi connectivity index (χ4v) is 4.43.